The largest absolute Gasteiger partial charge is 0.309 e. The zero-order valence-corrected chi connectivity index (χ0v) is 14.0. The predicted octanol–water partition coefficient (Wildman–Crippen LogP) is 3.67. The van der Waals surface area contributed by atoms with E-state index in [2.05, 4.69) is 54.0 Å². The van der Waals surface area contributed by atoms with E-state index in [1.807, 2.05) is 20.0 Å². The van der Waals surface area contributed by atoms with E-state index in [9.17, 15) is 0 Å². The van der Waals surface area contributed by atoms with E-state index < -0.39 is 0 Å². The van der Waals surface area contributed by atoms with E-state index in [-0.39, 0.29) is 0 Å². The minimum absolute atomic E-state index is 0.352. The summed E-state index contributed by atoms with van der Waals surface area (Å²) in [5, 5.41) is 0. The molecular weight excluding hydrogens is 254 g/mol. The van der Waals surface area contributed by atoms with Crippen LogP contribution in [0.25, 0.3) is 0 Å². The number of aryl methyl sites for hydroxylation is 1. The monoisotopic (exact) mass is 283 g/mol. The van der Waals surface area contributed by atoms with Crippen molar-refractivity contribution >= 4 is 11.9 Å². The molecular formula is C15H29N3S. The summed E-state index contributed by atoms with van der Waals surface area (Å²) in [5.41, 5.74) is 2.36. The van der Waals surface area contributed by atoms with Gasteiger partial charge >= 0.3 is 0 Å². The maximum atomic E-state index is 4.51. The minimum Gasteiger partial charge on any atom is -0.309 e. The highest BCUT2D eigenvalue weighted by Gasteiger charge is 2.11. The molecule has 3 nitrogen and oxygen atoms in total. The first kappa shape index (κ1) is 18.4. The Morgan fingerprint density at radius 3 is 2.47 bits per heavy atom. The molecule has 0 saturated carbocycles. The van der Waals surface area contributed by atoms with Crippen LogP contribution in [0.15, 0.2) is 18.3 Å². The van der Waals surface area contributed by atoms with Gasteiger partial charge in [0.25, 0.3) is 0 Å². The van der Waals surface area contributed by atoms with E-state index in [4.69, 9.17) is 0 Å². The Morgan fingerprint density at radius 1 is 1.32 bits per heavy atom. The normalized spacial score (nSPS) is 11.9. The lowest BCUT2D eigenvalue weighted by atomic mass is 10.1. The SMILES string of the molecule is CC.CSNC(CCCN(C)C)c1ccc(C)cn1. The number of nitrogens with zero attached hydrogens (tertiary/aromatic N) is 2. The van der Waals surface area contributed by atoms with Crippen molar-refractivity contribution in [2.75, 3.05) is 26.9 Å². The van der Waals surface area contributed by atoms with Gasteiger partial charge in [-0.3, -0.25) is 9.71 Å². The first-order chi connectivity index (χ1) is 9.13. The lowest BCUT2D eigenvalue weighted by Gasteiger charge is -2.18. The average molecular weight is 283 g/mol. The highest BCUT2D eigenvalue weighted by molar-refractivity contribution is 7.96. The molecule has 0 aliphatic heterocycles. The third-order valence-electron chi connectivity index (χ3n) is 2.65. The maximum absolute atomic E-state index is 4.51. The first-order valence-corrected chi connectivity index (χ1v) is 8.21. The van der Waals surface area contributed by atoms with Gasteiger partial charge < -0.3 is 4.90 Å². The minimum atomic E-state index is 0.352. The Morgan fingerprint density at radius 2 is 2.00 bits per heavy atom. The second-order valence-corrected chi connectivity index (χ2v) is 5.22. The Labute approximate surface area is 123 Å². The predicted molar refractivity (Wildman–Crippen MR) is 87.5 cm³/mol. The van der Waals surface area contributed by atoms with Crippen LogP contribution in [0.4, 0.5) is 0 Å². The van der Waals surface area contributed by atoms with Crippen LogP contribution in [0.2, 0.25) is 0 Å². The molecule has 0 bridgehead atoms. The topological polar surface area (TPSA) is 28.2 Å². The van der Waals surface area contributed by atoms with Gasteiger partial charge in [0.15, 0.2) is 0 Å². The Kier molecular flexibility index (Phi) is 10.9. The van der Waals surface area contributed by atoms with Crippen LogP contribution in [0.5, 0.6) is 0 Å². The van der Waals surface area contributed by atoms with Crippen LogP contribution in [0, 0.1) is 6.92 Å². The van der Waals surface area contributed by atoms with Gasteiger partial charge in [-0.2, -0.15) is 0 Å². The van der Waals surface area contributed by atoms with Crippen LogP contribution >= 0.6 is 11.9 Å². The van der Waals surface area contributed by atoms with Crippen molar-refractivity contribution in [2.45, 2.75) is 39.7 Å². The number of nitrogens with one attached hydrogen (secondary N) is 1. The average Bonchev–Trinajstić information content (AvgIpc) is 2.41. The number of hydrogen-bond acceptors (Lipinski definition) is 4. The van der Waals surface area contributed by atoms with Gasteiger partial charge in [0.1, 0.15) is 0 Å². The van der Waals surface area contributed by atoms with E-state index in [1.54, 1.807) is 11.9 Å². The van der Waals surface area contributed by atoms with Crippen LogP contribution < -0.4 is 4.72 Å². The fourth-order valence-corrected chi connectivity index (χ4v) is 2.23. The highest BCUT2D eigenvalue weighted by atomic mass is 32.2. The molecule has 0 aliphatic rings. The van der Waals surface area contributed by atoms with Gasteiger partial charge in [-0.25, -0.2) is 0 Å². The molecule has 110 valence electrons. The summed E-state index contributed by atoms with van der Waals surface area (Å²) in [4.78, 5) is 6.73. The van der Waals surface area contributed by atoms with Crippen LogP contribution in [-0.4, -0.2) is 36.8 Å². The Bertz CT molecular complexity index is 312. The molecule has 0 radical (unpaired) electrons. The molecule has 1 rings (SSSR count). The molecule has 0 fully saturated rings. The lowest BCUT2D eigenvalue weighted by Crippen LogP contribution is -2.19. The van der Waals surface area contributed by atoms with E-state index in [0.29, 0.717) is 6.04 Å². The van der Waals surface area contributed by atoms with Crippen molar-refractivity contribution in [2.24, 2.45) is 0 Å². The van der Waals surface area contributed by atoms with Gasteiger partial charge in [0.2, 0.25) is 0 Å². The van der Waals surface area contributed by atoms with Crippen LogP contribution in [0.1, 0.15) is 44.0 Å². The molecule has 1 atom stereocenters. The number of pyridine rings is 1. The molecule has 0 aromatic carbocycles. The van der Waals surface area contributed by atoms with Crippen LogP contribution in [-0.2, 0) is 0 Å². The molecule has 1 heterocycles. The summed E-state index contributed by atoms with van der Waals surface area (Å²) in [6.45, 7) is 7.19. The maximum Gasteiger partial charge on any atom is 0.0594 e. The number of rotatable bonds is 7. The van der Waals surface area contributed by atoms with Crippen LogP contribution in [0.3, 0.4) is 0 Å². The third kappa shape index (κ3) is 8.24. The fourth-order valence-electron chi connectivity index (χ4n) is 1.71. The standard InChI is InChI=1S/C13H23N3S.C2H6/c1-11-7-8-12(14-10-11)13(15-17-4)6-5-9-16(2)3;1-2/h7-8,10,13,15H,5-6,9H2,1-4H3;1-2H3. The summed E-state index contributed by atoms with van der Waals surface area (Å²) in [6.07, 6.45) is 6.30. The molecule has 0 spiro atoms. The zero-order chi connectivity index (χ0) is 14.7. The molecule has 1 aromatic rings. The summed E-state index contributed by atoms with van der Waals surface area (Å²) < 4.78 is 3.43. The van der Waals surface area contributed by atoms with Gasteiger partial charge in [0, 0.05) is 6.20 Å². The molecule has 19 heavy (non-hydrogen) atoms. The molecule has 0 saturated heterocycles. The van der Waals surface area contributed by atoms with Gasteiger partial charge in [-0.05, 0) is 58.3 Å². The summed E-state index contributed by atoms with van der Waals surface area (Å²) in [5.74, 6) is 0. The molecule has 1 N–H and O–H groups in total. The van der Waals surface area contributed by atoms with E-state index in [0.717, 1.165) is 18.7 Å². The smallest absolute Gasteiger partial charge is 0.0594 e. The van der Waals surface area contributed by atoms with Crippen molar-refractivity contribution in [3.8, 4) is 0 Å². The highest BCUT2D eigenvalue weighted by Crippen LogP contribution is 2.18. The van der Waals surface area contributed by atoms with Crippen molar-refractivity contribution in [3.05, 3.63) is 29.6 Å². The van der Waals surface area contributed by atoms with E-state index in [1.165, 1.54) is 12.0 Å². The van der Waals surface area contributed by atoms with Crippen molar-refractivity contribution in [1.82, 2.24) is 14.6 Å². The lowest BCUT2D eigenvalue weighted by molar-refractivity contribution is 0.382. The Balaban J connectivity index is 0.00000154. The Hall–Kier alpha value is -0.580. The quantitative estimate of drug-likeness (QED) is 0.773. The molecule has 1 aromatic heterocycles. The van der Waals surface area contributed by atoms with Crippen molar-refractivity contribution in [3.63, 3.8) is 0 Å². The first-order valence-electron chi connectivity index (χ1n) is 6.99. The second-order valence-electron chi connectivity index (χ2n) is 4.58. The molecule has 4 heteroatoms. The fraction of sp³-hybridized carbons (Fsp3) is 0.667. The summed E-state index contributed by atoms with van der Waals surface area (Å²) >= 11 is 1.66. The molecule has 1 unspecified atom stereocenters. The molecule has 0 amide bonds. The van der Waals surface area contributed by atoms with Gasteiger partial charge in [-0.15, -0.1) is 0 Å². The number of hydrogen-bond donors (Lipinski definition) is 1. The van der Waals surface area contributed by atoms with Gasteiger partial charge in [-0.1, -0.05) is 31.9 Å². The molecule has 0 aliphatic carbocycles. The number of aromatic nitrogens is 1. The second kappa shape index (κ2) is 11.3. The van der Waals surface area contributed by atoms with E-state index >= 15 is 0 Å². The van der Waals surface area contributed by atoms with Crippen molar-refractivity contribution < 1.29 is 0 Å². The third-order valence-corrected chi connectivity index (χ3v) is 3.17. The summed E-state index contributed by atoms with van der Waals surface area (Å²) in [6, 6.07) is 4.60. The van der Waals surface area contributed by atoms with Gasteiger partial charge in [0.05, 0.1) is 11.7 Å². The zero-order valence-electron chi connectivity index (χ0n) is 13.2. The van der Waals surface area contributed by atoms with Crippen molar-refractivity contribution in [1.29, 1.82) is 0 Å². The summed E-state index contributed by atoms with van der Waals surface area (Å²) in [7, 11) is 4.22.